The highest BCUT2D eigenvalue weighted by atomic mass is 35.5. The standard InChI is InChI=1S/C16H16ClN3O2/c17-12-3-1-11(2-4-12)16(21)20-13-5-6-14(19-9-13)15-10-18-7-8-22-15/h1-6,9,15,18H,7-8,10H2,(H,20,21)/t15-/m0/s1. The lowest BCUT2D eigenvalue weighted by molar-refractivity contribution is 0.0250. The van der Waals surface area contributed by atoms with Gasteiger partial charge in [-0.1, -0.05) is 11.6 Å². The smallest absolute Gasteiger partial charge is 0.255 e. The van der Waals surface area contributed by atoms with Gasteiger partial charge in [-0.05, 0) is 36.4 Å². The second kappa shape index (κ2) is 6.87. The molecule has 0 radical (unpaired) electrons. The lowest BCUT2D eigenvalue weighted by atomic mass is 10.2. The Kier molecular flexibility index (Phi) is 4.68. The molecule has 2 heterocycles. The molecule has 3 rings (SSSR count). The summed E-state index contributed by atoms with van der Waals surface area (Å²) in [6.45, 7) is 2.30. The molecule has 6 heteroatoms. The summed E-state index contributed by atoms with van der Waals surface area (Å²) in [5.74, 6) is -0.193. The molecule has 0 saturated carbocycles. The number of amides is 1. The van der Waals surface area contributed by atoms with Crippen molar-refractivity contribution in [3.8, 4) is 0 Å². The molecule has 2 aromatic rings. The van der Waals surface area contributed by atoms with Gasteiger partial charge in [-0.25, -0.2) is 0 Å². The van der Waals surface area contributed by atoms with Crippen LogP contribution >= 0.6 is 11.6 Å². The number of ether oxygens (including phenoxy) is 1. The fourth-order valence-corrected chi connectivity index (χ4v) is 2.36. The minimum absolute atomic E-state index is 0.0326. The summed E-state index contributed by atoms with van der Waals surface area (Å²) in [4.78, 5) is 16.5. The van der Waals surface area contributed by atoms with Crippen molar-refractivity contribution in [3.05, 3.63) is 58.9 Å². The molecule has 1 amide bonds. The third-order valence-electron chi connectivity index (χ3n) is 3.41. The minimum Gasteiger partial charge on any atom is -0.369 e. The van der Waals surface area contributed by atoms with E-state index in [0.717, 1.165) is 18.8 Å². The third kappa shape index (κ3) is 3.62. The van der Waals surface area contributed by atoms with Crippen molar-refractivity contribution < 1.29 is 9.53 Å². The average Bonchev–Trinajstić information content (AvgIpc) is 2.57. The van der Waals surface area contributed by atoms with Crippen molar-refractivity contribution in [1.82, 2.24) is 10.3 Å². The lowest BCUT2D eigenvalue weighted by Gasteiger charge is -2.23. The molecule has 22 heavy (non-hydrogen) atoms. The van der Waals surface area contributed by atoms with Crippen LogP contribution in [0.4, 0.5) is 5.69 Å². The number of halogens is 1. The van der Waals surface area contributed by atoms with Crippen LogP contribution in [0.25, 0.3) is 0 Å². The number of carbonyl (C=O) groups is 1. The van der Waals surface area contributed by atoms with Crippen molar-refractivity contribution in [2.45, 2.75) is 6.10 Å². The summed E-state index contributed by atoms with van der Waals surface area (Å²) in [6.07, 6.45) is 1.61. The number of pyridine rings is 1. The molecule has 114 valence electrons. The maximum Gasteiger partial charge on any atom is 0.255 e. The number of benzene rings is 1. The van der Waals surface area contributed by atoms with E-state index >= 15 is 0 Å². The van der Waals surface area contributed by atoms with E-state index in [4.69, 9.17) is 16.3 Å². The number of hydrogen-bond acceptors (Lipinski definition) is 4. The Hall–Kier alpha value is -1.95. The Bertz CT molecular complexity index is 637. The Morgan fingerprint density at radius 3 is 2.73 bits per heavy atom. The van der Waals surface area contributed by atoms with Gasteiger partial charge in [0.05, 0.1) is 24.2 Å². The van der Waals surface area contributed by atoms with Crippen molar-refractivity contribution in [1.29, 1.82) is 0 Å². The second-order valence-electron chi connectivity index (χ2n) is 5.00. The van der Waals surface area contributed by atoms with E-state index in [-0.39, 0.29) is 12.0 Å². The highest BCUT2D eigenvalue weighted by Crippen LogP contribution is 2.18. The molecule has 1 aliphatic heterocycles. The SMILES string of the molecule is O=C(Nc1ccc([C@@H]2CNCCO2)nc1)c1ccc(Cl)cc1. The first kappa shape index (κ1) is 15.0. The number of carbonyl (C=O) groups excluding carboxylic acids is 1. The number of aromatic nitrogens is 1. The zero-order chi connectivity index (χ0) is 15.4. The maximum absolute atomic E-state index is 12.1. The van der Waals surface area contributed by atoms with Gasteiger partial charge in [0.15, 0.2) is 0 Å². The summed E-state index contributed by atoms with van der Waals surface area (Å²) in [5, 5.41) is 6.67. The monoisotopic (exact) mass is 317 g/mol. The van der Waals surface area contributed by atoms with Crippen LogP contribution < -0.4 is 10.6 Å². The van der Waals surface area contributed by atoms with E-state index in [2.05, 4.69) is 15.6 Å². The number of nitrogens with one attached hydrogen (secondary N) is 2. The first-order chi connectivity index (χ1) is 10.7. The van der Waals surface area contributed by atoms with E-state index in [1.807, 2.05) is 12.1 Å². The van der Waals surface area contributed by atoms with E-state index < -0.39 is 0 Å². The second-order valence-corrected chi connectivity index (χ2v) is 5.43. The fourth-order valence-electron chi connectivity index (χ4n) is 2.23. The number of nitrogens with zero attached hydrogens (tertiary/aromatic N) is 1. The van der Waals surface area contributed by atoms with Gasteiger partial charge in [-0.2, -0.15) is 0 Å². The van der Waals surface area contributed by atoms with Crippen LogP contribution in [0, 0.1) is 0 Å². The number of hydrogen-bond donors (Lipinski definition) is 2. The number of anilines is 1. The third-order valence-corrected chi connectivity index (χ3v) is 3.66. The maximum atomic E-state index is 12.1. The molecule has 1 aromatic carbocycles. The summed E-state index contributed by atoms with van der Waals surface area (Å²) in [7, 11) is 0. The van der Waals surface area contributed by atoms with Gasteiger partial charge in [0.25, 0.3) is 5.91 Å². The Morgan fingerprint density at radius 1 is 1.27 bits per heavy atom. The largest absolute Gasteiger partial charge is 0.369 e. The number of morpholine rings is 1. The molecule has 1 fully saturated rings. The fraction of sp³-hybridized carbons (Fsp3) is 0.250. The van der Waals surface area contributed by atoms with Crippen LogP contribution in [-0.2, 0) is 4.74 Å². The topological polar surface area (TPSA) is 63.2 Å². The highest BCUT2D eigenvalue weighted by Gasteiger charge is 2.16. The quantitative estimate of drug-likeness (QED) is 0.913. The zero-order valence-corrected chi connectivity index (χ0v) is 12.6. The normalized spacial score (nSPS) is 18.0. The van der Waals surface area contributed by atoms with Crippen LogP contribution in [0.3, 0.4) is 0 Å². The first-order valence-corrected chi connectivity index (χ1v) is 7.45. The van der Waals surface area contributed by atoms with Gasteiger partial charge in [0.1, 0.15) is 6.10 Å². The molecule has 1 aliphatic rings. The van der Waals surface area contributed by atoms with Crippen molar-refractivity contribution in [3.63, 3.8) is 0 Å². The van der Waals surface area contributed by atoms with E-state index in [1.54, 1.807) is 30.5 Å². The molecule has 2 N–H and O–H groups in total. The molecular formula is C16H16ClN3O2. The predicted octanol–water partition coefficient (Wildman–Crippen LogP) is 2.65. The molecule has 0 bridgehead atoms. The van der Waals surface area contributed by atoms with Gasteiger partial charge in [-0.15, -0.1) is 0 Å². The summed E-state index contributed by atoms with van der Waals surface area (Å²) in [6, 6.07) is 10.4. The van der Waals surface area contributed by atoms with Crippen molar-refractivity contribution in [2.24, 2.45) is 0 Å². The first-order valence-electron chi connectivity index (χ1n) is 7.07. The van der Waals surface area contributed by atoms with Crippen LogP contribution in [-0.4, -0.2) is 30.6 Å². The molecular weight excluding hydrogens is 302 g/mol. The van der Waals surface area contributed by atoms with E-state index in [0.29, 0.717) is 22.9 Å². The van der Waals surface area contributed by atoms with E-state index in [1.165, 1.54) is 0 Å². The molecule has 1 saturated heterocycles. The van der Waals surface area contributed by atoms with E-state index in [9.17, 15) is 4.79 Å². The van der Waals surface area contributed by atoms with Gasteiger partial charge in [-0.3, -0.25) is 9.78 Å². The molecule has 1 aromatic heterocycles. The van der Waals surface area contributed by atoms with Gasteiger partial charge in [0, 0.05) is 23.7 Å². The molecule has 0 aliphatic carbocycles. The van der Waals surface area contributed by atoms with Crippen LogP contribution in [0.5, 0.6) is 0 Å². The lowest BCUT2D eigenvalue weighted by Crippen LogP contribution is -2.33. The predicted molar refractivity (Wildman–Crippen MR) is 85.2 cm³/mol. The minimum atomic E-state index is -0.193. The Morgan fingerprint density at radius 2 is 2.09 bits per heavy atom. The summed E-state index contributed by atoms with van der Waals surface area (Å²) < 4.78 is 5.64. The molecule has 0 unspecified atom stereocenters. The number of rotatable bonds is 3. The Balaban J connectivity index is 1.65. The Labute approximate surface area is 133 Å². The van der Waals surface area contributed by atoms with Crippen LogP contribution in [0.1, 0.15) is 22.2 Å². The van der Waals surface area contributed by atoms with Gasteiger partial charge < -0.3 is 15.4 Å². The van der Waals surface area contributed by atoms with Gasteiger partial charge in [0.2, 0.25) is 0 Å². The highest BCUT2D eigenvalue weighted by molar-refractivity contribution is 6.30. The van der Waals surface area contributed by atoms with Gasteiger partial charge >= 0.3 is 0 Å². The summed E-state index contributed by atoms with van der Waals surface area (Å²) in [5.41, 5.74) is 2.05. The average molecular weight is 318 g/mol. The molecule has 1 atom stereocenters. The zero-order valence-electron chi connectivity index (χ0n) is 11.9. The van der Waals surface area contributed by atoms with Crippen molar-refractivity contribution in [2.75, 3.05) is 25.0 Å². The van der Waals surface area contributed by atoms with Crippen LogP contribution in [0.15, 0.2) is 42.6 Å². The summed E-state index contributed by atoms with van der Waals surface area (Å²) >= 11 is 5.81. The van der Waals surface area contributed by atoms with Crippen molar-refractivity contribution >= 4 is 23.2 Å². The molecule has 5 nitrogen and oxygen atoms in total. The molecule has 0 spiro atoms. The van der Waals surface area contributed by atoms with Crippen LogP contribution in [0.2, 0.25) is 5.02 Å².